The lowest BCUT2D eigenvalue weighted by Gasteiger charge is -2.17. The van der Waals surface area contributed by atoms with Crippen molar-refractivity contribution in [1.29, 1.82) is 0 Å². The molecule has 0 bridgehead atoms. The Hall–Kier alpha value is -3.47. The number of carbonyl (C=O) groups is 1. The average Bonchev–Trinajstić information content (AvgIpc) is 3.09. The largest absolute Gasteiger partial charge is 0.439 e. The number of hydrogen-bond acceptors (Lipinski definition) is 4. The molecule has 0 spiro atoms. The van der Waals surface area contributed by atoms with E-state index in [1.54, 1.807) is 19.3 Å². The number of nitrogens with one attached hydrogen (secondary N) is 1. The van der Waals surface area contributed by atoms with Gasteiger partial charge in [-0.1, -0.05) is 36.4 Å². The summed E-state index contributed by atoms with van der Waals surface area (Å²) in [7, 11) is 0. The SMILES string of the molecule is Cc1nc2cccc(NC(=O)C(Cc3ccncc3)c3ccccc3)c2o1. The lowest BCUT2D eigenvalue weighted by Crippen LogP contribution is -2.23. The number of aryl methyl sites for hydroxylation is 1. The molecule has 2 aromatic heterocycles. The Balaban J connectivity index is 1.66. The predicted octanol–water partition coefficient (Wildman–Crippen LogP) is 4.50. The lowest BCUT2D eigenvalue weighted by atomic mass is 9.91. The van der Waals surface area contributed by atoms with Crippen LogP contribution >= 0.6 is 0 Å². The number of benzene rings is 2. The zero-order chi connectivity index (χ0) is 18.6. The van der Waals surface area contributed by atoms with E-state index in [4.69, 9.17) is 4.42 Å². The smallest absolute Gasteiger partial charge is 0.232 e. The minimum absolute atomic E-state index is 0.0837. The number of pyridine rings is 1. The third kappa shape index (κ3) is 3.72. The summed E-state index contributed by atoms with van der Waals surface area (Å²) in [5.74, 6) is 0.163. The molecule has 4 aromatic rings. The Labute approximate surface area is 157 Å². The van der Waals surface area contributed by atoms with E-state index in [-0.39, 0.29) is 11.8 Å². The second kappa shape index (κ2) is 7.41. The van der Waals surface area contributed by atoms with Crippen molar-refractivity contribution in [2.45, 2.75) is 19.3 Å². The molecule has 1 unspecified atom stereocenters. The number of nitrogens with zero attached hydrogens (tertiary/aromatic N) is 2. The highest BCUT2D eigenvalue weighted by molar-refractivity contribution is 6.01. The van der Waals surface area contributed by atoms with E-state index in [0.717, 1.165) is 16.6 Å². The van der Waals surface area contributed by atoms with Crippen LogP contribution in [-0.4, -0.2) is 15.9 Å². The quantitative estimate of drug-likeness (QED) is 0.571. The number of hydrogen-bond donors (Lipinski definition) is 1. The molecule has 0 aliphatic rings. The summed E-state index contributed by atoms with van der Waals surface area (Å²) in [6.07, 6.45) is 4.07. The van der Waals surface area contributed by atoms with Crippen molar-refractivity contribution < 1.29 is 9.21 Å². The molecule has 1 atom stereocenters. The van der Waals surface area contributed by atoms with E-state index < -0.39 is 0 Å². The van der Waals surface area contributed by atoms with Crippen molar-refractivity contribution in [2.24, 2.45) is 0 Å². The van der Waals surface area contributed by atoms with Gasteiger partial charge in [-0.25, -0.2) is 4.98 Å². The molecule has 27 heavy (non-hydrogen) atoms. The molecular formula is C22H19N3O2. The summed E-state index contributed by atoms with van der Waals surface area (Å²) in [4.78, 5) is 21.6. The van der Waals surface area contributed by atoms with Crippen LogP contribution in [0.2, 0.25) is 0 Å². The molecule has 5 nitrogen and oxygen atoms in total. The van der Waals surface area contributed by atoms with Crippen molar-refractivity contribution in [1.82, 2.24) is 9.97 Å². The van der Waals surface area contributed by atoms with E-state index in [2.05, 4.69) is 15.3 Å². The van der Waals surface area contributed by atoms with Gasteiger partial charge in [0.25, 0.3) is 0 Å². The zero-order valence-electron chi connectivity index (χ0n) is 14.9. The number of oxazole rings is 1. The van der Waals surface area contributed by atoms with E-state index in [0.29, 0.717) is 23.6 Å². The molecule has 0 fully saturated rings. The molecule has 2 aromatic carbocycles. The van der Waals surface area contributed by atoms with Crippen molar-refractivity contribution in [3.63, 3.8) is 0 Å². The van der Waals surface area contributed by atoms with Gasteiger partial charge in [-0.05, 0) is 41.8 Å². The predicted molar refractivity (Wildman–Crippen MR) is 104 cm³/mol. The molecule has 0 saturated heterocycles. The summed E-state index contributed by atoms with van der Waals surface area (Å²) in [6, 6.07) is 19.2. The molecule has 5 heteroatoms. The van der Waals surface area contributed by atoms with Gasteiger partial charge in [0.05, 0.1) is 11.6 Å². The highest BCUT2D eigenvalue weighted by atomic mass is 16.3. The van der Waals surface area contributed by atoms with Gasteiger partial charge in [-0.15, -0.1) is 0 Å². The molecule has 0 aliphatic heterocycles. The van der Waals surface area contributed by atoms with Crippen LogP contribution in [0.3, 0.4) is 0 Å². The first-order valence-electron chi connectivity index (χ1n) is 8.81. The molecule has 1 N–H and O–H groups in total. The minimum atomic E-state index is -0.326. The topological polar surface area (TPSA) is 68.0 Å². The Morgan fingerprint density at radius 3 is 2.59 bits per heavy atom. The van der Waals surface area contributed by atoms with Crippen LogP contribution in [0.4, 0.5) is 5.69 Å². The van der Waals surface area contributed by atoms with E-state index in [1.165, 1.54) is 0 Å². The first-order chi connectivity index (χ1) is 13.2. The van der Waals surface area contributed by atoms with E-state index in [1.807, 2.05) is 60.7 Å². The molecule has 4 rings (SSSR count). The van der Waals surface area contributed by atoms with Crippen LogP contribution in [0.5, 0.6) is 0 Å². The van der Waals surface area contributed by atoms with Crippen LogP contribution in [0.25, 0.3) is 11.1 Å². The maximum Gasteiger partial charge on any atom is 0.232 e. The number of carbonyl (C=O) groups excluding carboxylic acids is 1. The number of para-hydroxylation sites is 1. The summed E-state index contributed by atoms with van der Waals surface area (Å²) >= 11 is 0. The first-order valence-corrected chi connectivity index (χ1v) is 8.81. The molecule has 0 saturated carbocycles. The first kappa shape index (κ1) is 17.0. The molecule has 0 aliphatic carbocycles. The monoisotopic (exact) mass is 357 g/mol. The lowest BCUT2D eigenvalue weighted by molar-refractivity contribution is -0.117. The summed E-state index contributed by atoms with van der Waals surface area (Å²) < 4.78 is 5.67. The molecule has 1 amide bonds. The van der Waals surface area contributed by atoms with Gasteiger partial charge in [-0.3, -0.25) is 9.78 Å². The van der Waals surface area contributed by atoms with Gasteiger partial charge >= 0.3 is 0 Å². The Kier molecular flexibility index (Phi) is 4.66. The Bertz CT molecular complexity index is 1060. The van der Waals surface area contributed by atoms with Crippen molar-refractivity contribution in [2.75, 3.05) is 5.32 Å². The van der Waals surface area contributed by atoms with E-state index in [9.17, 15) is 4.79 Å². The Morgan fingerprint density at radius 1 is 1.04 bits per heavy atom. The van der Waals surface area contributed by atoms with Crippen LogP contribution in [-0.2, 0) is 11.2 Å². The fourth-order valence-electron chi connectivity index (χ4n) is 3.18. The molecular weight excluding hydrogens is 338 g/mol. The van der Waals surface area contributed by atoms with Gasteiger partial charge in [0.2, 0.25) is 5.91 Å². The van der Waals surface area contributed by atoms with Gasteiger partial charge < -0.3 is 9.73 Å². The van der Waals surface area contributed by atoms with Crippen molar-refractivity contribution in [3.05, 3.63) is 90.1 Å². The second-order valence-electron chi connectivity index (χ2n) is 6.40. The number of amides is 1. The number of fused-ring (bicyclic) bond motifs is 1. The van der Waals surface area contributed by atoms with E-state index >= 15 is 0 Å². The van der Waals surface area contributed by atoms with Crippen LogP contribution < -0.4 is 5.32 Å². The van der Waals surface area contributed by atoms with Gasteiger partial charge in [0.1, 0.15) is 5.52 Å². The standard InChI is InChI=1S/C22H19N3O2/c1-15-24-19-8-5-9-20(21(19)27-15)25-22(26)18(17-6-3-2-4-7-17)14-16-10-12-23-13-11-16/h2-13,18H,14H2,1H3,(H,25,26). The fraction of sp³-hybridized carbons (Fsp3) is 0.136. The second-order valence-corrected chi connectivity index (χ2v) is 6.40. The van der Waals surface area contributed by atoms with Gasteiger partial charge in [-0.2, -0.15) is 0 Å². The minimum Gasteiger partial charge on any atom is -0.439 e. The van der Waals surface area contributed by atoms with Crippen LogP contribution in [0.15, 0.2) is 77.5 Å². The average molecular weight is 357 g/mol. The van der Waals surface area contributed by atoms with Crippen LogP contribution in [0, 0.1) is 6.92 Å². The number of rotatable bonds is 5. The third-order valence-electron chi connectivity index (χ3n) is 4.49. The Morgan fingerprint density at radius 2 is 1.81 bits per heavy atom. The van der Waals surface area contributed by atoms with Crippen molar-refractivity contribution in [3.8, 4) is 0 Å². The summed E-state index contributed by atoms with van der Waals surface area (Å²) in [5.41, 5.74) is 3.99. The third-order valence-corrected chi connectivity index (χ3v) is 4.49. The number of aromatic nitrogens is 2. The van der Waals surface area contributed by atoms with Crippen LogP contribution in [0.1, 0.15) is 22.9 Å². The van der Waals surface area contributed by atoms with Gasteiger partial charge in [0, 0.05) is 19.3 Å². The molecule has 134 valence electrons. The van der Waals surface area contributed by atoms with Crippen molar-refractivity contribution >= 4 is 22.7 Å². The maximum atomic E-state index is 13.2. The summed E-state index contributed by atoms with van der Waals surface area (Å²) in [5, 5.41) is 3.03. The zero-order valence-corrected chi connectivity index (χ0v) is 14.9. The van der Waals surface area contributed by atoms with Gasteiger partial charge in [0.15, 0.2) is 11.5 Å². The molecule has 2 heterocycles. The maximum absolute atomic E-state index is 13.2. The molecule has 0 radical (unpaired) electrons. The fourth-order valence-corrected chi connectivity index (χ4v) is 3.18. The normalized spacial score (nSPS) is 12.0. The highest BCUT2D eigenvalue weighted by Crippen LogP contribution is 2.27. The summed E-state index contributed by atoms with van der Waals surface area (Å²) in [6.45, 7) is 1.79. The number of anilines is 1. The highest BCUT2D eigenvalue weighted by Gasteiger charge is 2.22.